The van der Waals surface area contributed by atoms with E-state index in [-0.39, 0.29) is 0 Å². The van der Waals surface area contributed by atoms with Gasteiger partial charge in [0.25, 0.3) is 0 Å². The zero-order valence-corrected chi connectivity index (χ0v) is 11.5. The van der Waals surface area contributed by atoms with Gasteiger partial charge in [-0.25, -0.2) is 0 Å². The summed E-state index contributed by atoms with van der Waals surface area (Å²) in [6.07, 6.45) is 5.22. The Balaban J connectivity index is 1.87. The van der Waals surface area contributed by atoms with Crippen molar-refractivity contribution >= 4 is 5.69 Å². The van der Waals surface area contributed by atoms with Crippen LogP contribution in [0.1, 0.15) is 50.3 Å². The largest absolute Gasteiger partial charge is 0.399 e. The zero-order valence-electron chi connectivity index (χ0n) is 11.5. The maximum absolute atomic E-state index is 5.89. The molecule has 98 valence electrons. The van der Waals surface area contributed by atoms with Crippen molar-refractivity contribution in [1.82, 2.24) is 4.90 Å². The Bertz CT molecular complexity index is 439. The van der Waals surface area contributed by atoms with Gasteiger partial charge in [0.05, 0.1) is 0 Å². The van der Waals surface area contributed by atoms with Gasteiger partial charge in [-0.2, -0.15) is 0 Å². The second kappa shape index (κ2) is 4.58. The van der Waals surface area contributed by atoms with Crippen molar-refractivity contribution in [2.75, 3.05) is 12.3 Å². The lowest BCUT2D eigenvalue weighted by Gasteiger charge is -2.33. The van der Waals surface area contributed by atoms with Gasteiger partial charge in [-0.1, -0.05) is 19.9 Å². The van der Waals surface area contributed by atoms with Crippen LogP contribution in [0.15, 0.2) is 18.2 Å². The van der Waals surface area contributed by atoms with Gasteiger partial charge in [-0.05, 0) is 61.4 Å². The standard InChI is InChI=1S/C16H24N2/c1-11(2)15-4-3-9-18(15)16-8-5-12-10-13(17)6-7-14(12)16/h6-7,10-11,15-16H,3-5,8-9,17H2,1-2H3. The first-order chi connectivity index (χ1) is 8.66. The number of fused-ring (bicyclic) bond motifs is 1. The fraction of sp³-hybridized carbons (Fsp3) is 0.625. The molecule has 0 bridgehead atoms. The van der Waals surface area contributed by atoms with Gasteiger partial charge in [-0.3, -0.25) is 4.90 Å². The van der Waals surface area contributed by atoms with Crippen LogP contribution in [0.2, 0.25) is 0 Å². The molecule has 1 heterocycles. The van der Waals surface area contributed by atoms with Crippen LogP contribution in [0.25, 0.3) is 0 Å². The van der Waals surface area contributed by atoms with Gasteiger partial charge in [0.2, 0.25) is 0 Å². The van der Waals surface area contributed by atoms with Gasteiger partial charge in [0, 0.05) is 17.8 Å². The molecule has 0 amide bonds. The number of nitrogen functional groups attached to an aromatic ring is 1. The highest BCUT2D eigenvalue weighted by Gasteiger charge is 2.36. The second-order valence-electron chi connectivity index (χ2n) is 6.20. The third-order valence-corrected chi connectivity index (χ3v) is 4.73. The SMILES string of the molecule is CC(C)C1CCCN1C1CCc2cc(N)ccc21. The van der Waals surface area contributed by atoms with Crippen molar-refractivity contribution in [3.05, 3.63) is 29.3 Å². The van der Waals surface area contributed by atoms with E-state index in [0.29, 0.717) is 6.04 Å². The van der Waals surface area contributed by atoms with Crippen molar-refractivity contribution in [2.24, 2.45) is 5.92 Å². The van der Waals surface area contributed by atoms with Crippen LogP contribution in [0.3, 0.4) is 0 Å². The van der Waals surface area contributed by atoms with Gasteiger partial charge in [0.15, 0.2) is 0 Å². The fourth-order valence-corrected chi connectivity index (χ4v) is 3.88. The number of hydrogen-bond acceptors (Lipinski definition) is 2. The number of aryl methyl sites for hydroxylation is 1. The van der Waals surface area contributed by atoms with E-state index in [1.165, 1.54) is 43.4 Å². The van der Waals surface area contributed by atoms with Gasteiger partial charge >= 0.3 is 0 Å². The average molecular weight is 244 g/mol. The van der Waals surface area contributed by atoms with E-state index in [1.807, 2.05) is 0 Å². The molecule has 2 atom stereocenters. The lowest BCUT2D eigenvalue weighted by molar-refractivity contribution is 0.145. The monoisotopic (exact) mass is 244 g/mol. The molecule has 1 aromatic carbocycles. The molecule has 2 nitrogen and oxygen atoms in total. The van der Waals surface area contributed by atoms with Gasteiger partial charge in [-0.15, -0.1) is 0 Å². The molecule has 1 aliphatic carbocycles. The predicted molar refractivity (Wildman–Crippen MR) is 76.5 cm³/mol. The minimum atomic E-state index is 0.649. The summed E-state index contributed by atoms with van der Waals surface area (Å²) in [5.74, 6) is 0.769. The molecule has 0 saturated carbocycles. The molecule has 2 unspecified atom stereocenters. The number of hydrogen-bond donors (Lipinski definition) is 1. The van der Waals surface area contributed by atoms with Gasteiger partial charge in [0.1, 0.15) is 0 Å². The molecule has 2 heteroatoms. The smallest absolute Gasteiger partial charge is 0.0357 e. The summed E-state index contributed by atoms with van der Waals surface area (Å²) in [4.78, 5) is 2.76. The number of anilines is 1. The summed E-state index contributed by atoms with van der Waals surface area (Å²) in [5.41, 5.74) is 9.82. The molecule has 3 rings (SSSR count). The normalized spacial score (nSPS) is 27.9. The van der Waals surface area contributed by atoms with Gasteiger partial charge < -0.3 is 5.73 Å². The number of nitrogens with two attached hydrogens (primary N) is 1. The molecule has 2 aliphatic rings. The molecular weight excluding hydrogens is 220 g/mol. The van der Waals surface area contributed by atoms with Crippen LogP contribution in [-0.2, 0) is 6.42 Å². The van der Waals surface area contributed by atoms with Crippen LogP contribution in [-0.4, -0.2) is 17.5 Å². The summed E-state index contributed by atoms with van der Waals surface area (Å²) in [6, 6.07) is 7.93. The summed E-state index contributed by atoms with van der Waals surface area (Å²) >= 11 is 0. The third kappa shape index (κ3) is 1.93. The highest BCUT2D eigenvalue weighted by molar-refractivity contribution is 5.47. The van der Waals surface area contributed by atoms with Crippen LogP contribution in [0.4, 0.5) is 5.69 Å². The maximum Gasteiger partial charge on any atom is 0.0357 e. The molecule has 2 N–H and O–H groups in total. The topological polar surface area (TPSA) is 29.3 Å². The predicted octanol–water partition coefficient (Wildman–Crippen LogP) is 3.38. The Morgan fingerprint density at radius 3 is 2.89 bits per heavy atom. The first-order valence-corrected chi connectivity index (χ1v) is 7.31. The van der Waals surface area contributed by atoms with E-state index in [0.717, 1.165) is 17.6 Å². The van der Waals surface area contributed by atoms with Crippen molar-refractivity contribution in [3.63, 3.8) is 0 Å². The molecule has 0 aromatic heterocycles. The van der Waals surface area contributed by atoms with Crippen LogP contribution in [0, 0.1) is 5.92 Å². The highest BCUT2D eigenvalue weighted by atomic mass is 15.2. The van der Waals surface area contributed by atoms with Crippen molar-refractivity contribution < 1.29 is 0 Å². The van der Waals surface area contributed by atoms with E-state index in [2.05, 4.69) is 36.9 Å². The summed E-state index contributed by atoms with van der Waals surface area (Å²) < 4.78 is 0. The van der Waals surface area contributed by atoms with Crippen molar-refractivity contribution in [1.29, 1.82) is 0 Å². The molecule has 18 heavy (non-hydrogen) atoms. The van der Waals surface area contributed by atoms with Crippen molar-refractivity contribution in [2.45, 2.75) is 51.6 Å². The number of benzene rings is 1. The minimum absolute atomic E-state index is 0.649. The minimum Gasteiger partial charge on any atom is -0.399 e. The first kappa shape index (κ1) is 12.0. The molecule has 1 aliphatic heterocycles. The molecule has 1 aromatic rings. The van der Waals surface area contributed by atoms with E-state index in [4.69, 9.17) is 5.73 Å². The Labute approximate surface area is 110 Å². The molecule has 0 radical (unpaired) electrons. The number of likely N-dealkylation sites (tertiary alicyclic amines) is 1. The number of rotatable bonds is 2. The van der Waals surface area contributed by atoms with Crippen LogP contribution < -0.4 is 5.73 Å². The molecule has 1 saturated heterocycles. The quantitative estimate of drug-likeness (QED) is 0.808. The lowest BCUT2D eigenvalue weighted by atomic mass is 9.99. The fourth-order valence-electron chi connectivity index (χ4n) is 3.88. The Morgan fingerprint density at radius 1 is 1.28 bits per heavy atom. The molecule has 0 spiro atoms. The maximum atomic E-state index is 5.89. The Hall–Kier alpha value is -1.02. The van der Waals surface area contributed by atoms with Crippen molar-refractivity contribution in [3.8, 4) is 0 Å². The van der Waals surface area contributed by atoms with Crippen LogP contribution >= 0.6 is 0 Å². The zero-order chi connectivity index (χ0) is 12.7. The van der Waals surface area contributed by atoms with E-state index < -0.39 is 0 Å². The average Bonchev–Trinajstić information content (AvgIpc) is 2.92. The lowest BCUT2D eigenvalue weighted by Crippen LogP contribution is -2.35. The Morgan fingerprint density at radius 2 is 2.11 bits per heavy atom. The third-order valence-electron chi connectivity index (χ3n) is 4.73. The van der Waals surface area contributed by atoms with E-state index >= 15 is 0 Å². The summed E-state index contributed by atoms with van der Waals surface area (Å²) in [5, 5.41) is 0. The summed E-state index contributed by atoms with van der Waals surface area (Å²) in [7, 11) is 0. The second-order valence-corrected chi connectivity index (χ2v) is 6.20. The molecular formula is C16H24N2. The Kier molecular flexibility index (Phi) is 3.06. The summed E-state index contributed by atoms with van der Waals surface area (Å²) in [6.45, 7) is 6.00. The van der Waals surface area contributed by atoms with E-state index in [1.54, 1.807) is 0 Å². The number of nitrogens with zero attached hydrogens (tertiary/aromatic N) is 1. The highest BCUT2D eigenvalue weighted by Crippen LogP contribution is 2.41. The molecule has 1 fully saturated rings. The first-order valence-electron chi connectivity index (χ1n) is 7.31. The van der Waals surface area contributed by atoms with Crippen LogP contribution in [0.5, 0.6) is 0 Å². The van der Waals surface area contributed by atoms with E-state index in [9.17, 15) is 0 Å².